The van der Waals surface area contributed by atoms with Crippen LogP contribution in [0.5, 0.6) is 0 Å². The van der Waals surface area contributed by atoms with Crippen LogP contribution in [0.25, 0.3) is 0 Å². The summed E-state index contributed by atoms with van der Waals surface area (Å²) in [4.78, 5) is 34.0. The molecule has 0 radical (unpaired) electrons. The number of carbonyl (C=O) groups is 1. The number of aryl methyl sites for hydroxylation is 2. The van der Waals surface area contributed by atoms with Gasteiger partial charge in [0, 0.05) is 39.9 Å². The molecule has 0 aromatic carbocycles. The second kappa shape index (κ2) is 13.6. The lowest BCUT2D eigenvalue weighted by molar-refractivity contribution is -0.123. The number of amides is 1. The molecule has 1 aromatic heterocycles. The lowest BCUT2D eigenvalue weighted by Gasteiger charge is -2.44. The lowest BCUT2D eigenvalue weighted by Crippen LogP contribution is -2.55. The van der Waals surface area contributed by atoms with Crippen LogP contribution in [0.4, 0.5) is 0 Å². The number of aromatic nitrogens is 2. The number of piperidine rings is 2. The van der Waals surface area contributed by atoms with Gasteiger partial charge in [-0.2, -0.15) is 11.8 Å². The number of hydrogen-bond acceptors (Lipinski definition) is 8. The second-order valence-electron chi connectivity index (χ2n) is 13.5. The van der Waals surface area contributed by atoms with E-state index in [1.807, 2.05) is 6.92 Å². The van der Waals surface area contributed by atoms with E-state index in [1.165, 1.54) is 19.3 Å². The van der Waals surface area contributed by atoms with Crippen LogP contribution in [0.2, 0.25) is 0 Å². The molecule has 0 spiro atoms. The van der Waals surface area contributed by atoms with Crippen molar-refractivity contribution in [3.63, 3.8) is 0 Å². The van der Waals surface area contributed by atoms with Crippen molar-refractivity contribution in [2.24, 2.45) is 23.7 Å². The van der Waals surface area contributed by atoms with Gasteiger partial charge in [0.2, 0.25) is 15.9 Å². The number of nitrogens with one attached hydrogen (secondary N) is 2. The Morgan fingerprint density at radius 2 is 1.95 bits per heavy atom. The Bertz CT molecular complexity index is 1470. The van der Waals surface area contributed by atoms with Crippen molar-refractivity contribution >= 4 is 39.3 Å². The summed E-state index contributed by atoms with van der Waals surface area (Å²) in [6.45, 7) is 5.32. The number of nitrogens with zero attached hydrogens (tertiary/aromatic N) is 3. The number of halogens is 1. The van der Waals surface area contributed by atoms with Crippen LogP contribution in [-0.4, -0.2) is 83.1 Å². The third kappa shape index (κ3) is 7.05. The predicted octanol–water partition coefficient (Wildman–Crippen LogP) is 2.71. The van der Waals surface area contributed by atoms with Gasteiger partial charge < -0.3 is 10.2 Å². The first-order valence-electron chi connectivity index (χ1n) is 16.4. The maximum absolute atomic E-state index is 13.7. The van der Waals surface area contributed by atoms with Gasteiger partial charge in [-0.15, -0.1) is 11.6 Å². The number of hydrogen-bond donors (Lipinski definition) is 2. The zero-order chi connectivity index (χ0) is 31.0. The largest absolute Gasteiger partial charge is 0.312 e. The van der Waals surface area contributed by atoms with Crippen molar-refractivity contribution in [2.75, 3.05) is 31.6 Å². The highest BCUT2D eigenvalue weighted by atomic mass is 35.5. The monoisotopic (exact) mass is 663 g/mol. The zero-order valence-electron chi connectivity index (χ0n) is 25.9. The molecule has 4 heterocycles. The molecule has 12 heteroatoms. The number of fused-ring (bicyclic) bond motifs is 2. The molecule has 0 bridgehead atoms. The van der Waals surface area contributed by atoms with Gasteiger partial charge >= 0.3 is 0 Å². The smallest absolute Gasteiger partial charge is 0.257 e. The summed E-state index contributed by atoms with van der Waals surface area (Å²) in [7, 11) is -3.60. The van der Waals surface area contributed by atoms with Gasteiger partial charge in [-0.3, -0.25) is 18.9 Å². The fraction of sp³-hybridized carbons (Fsp3) is 0.781. The molecular formula is C32H46ClN5O4S2. The van der Waals surface area contributed by atoms with Crippen LogP contribution in [0.1, 0.15) is 68.4 Å². The molecule has 2 aliphatic carbocycles. The van der Waals surface area contributed by atoms with Crippen LogP contribution in [0, 0.1) is 42.4 Å². The summed E-state index contributed by atoms with van der Waals surface area (Å²) in [5, 5.41) is 3.83. The van der Waals surface area contributed by atoms with Gasteiger partial charge in [0.1, 0.15) is 5.82 Å². The molecule has 242 valence electrons. The minimum absolute atomic E-state index is 0.0682. The number of rotatable bonds is 5. The Hall–Kier alpha value is -1.58. The molecule has 1 saturated carbocycles. The van der Waals surface area contributed by atoms with Crippen LogP contribution in [0.15, 0.2) is 4.79 Å². The molecule has 1 amide bonds. The summed E-state index contributed by atoms with van der Waals surface area (Å²) >= 11 is 8.51. The highest BCUT2D eigenvalue weighted by Gasteiger charge is 2.50. The Balaban J connectivity index is 1.17. The van der Waals surface area contributed by atoms with Crippen LogP contribution in [-0.2, 0) is 34.2 Å². The fourth-order valence-corrected chi connectivity index (χ4v) is 11.2. The molecule has 5 aliphatic rings. The molecule has 2 N–H and O–H groups in total. The number of carbonyl (C=O) groups excluding carboxylic acids is 1. The summed E-state index contributed by atoms with van der Waals surface area (Å²) < 4.78 is 27.4. The molecule has 8 atom stereocenters. The molecule has 4 fully saturated rings. The van der Waals surface area contributed by atoms with Crippen molar-refractivity contribution in [1.29, 1.82) is 0 Å². The first-order valence-corrected chi connectivity index (χ1v) is 19.8. The van der Waals surface area contributed by atoms with E-state index < -0.39 is 15.9 Å². The normalized spacial score (nSPS) is 34.3. The van der Waals surface area contributed by atoms with E-state index in [-0.39, 0.29) is 34.1 Å². The predicted molar refractivity (Wildman–Crippen MR) is 175 cm³/mol. The first-order chi connectivity index (χ1) is 21.1. The Morgan fingerprint density at radius 1 is 1.16 bits per heavy atom. The van der Waals surface area contributed by atoms with Gasteiger partial charge in [-0.1, -0.05) is 18.3 Å². The van der Waals surface area contributed by atoms with E-state index in [1.54, 1.807) is 16.3 Å². The van der Waals surface area contributed by atoms with Crippen molar-refractivity contribution in [1.82, 2.24) is 24.5 Å². The summed E-state index contributed by atoms with van der Waals surface area (Å²) in [6, 6.07) is 0.367. The quantitative estimate of drug-likeness (QED) is 0.366. The summed E-state index contributed by atoms with van der Waals surface area (Å²) in [5.74, 6) is 8.31. The van der Waals surface area contributed by atoms with Gasteiger partial charge in [-0.05, 0) is 96.2 Å². The number of alkyl halides is 1. The average Bonchev–Trinajstić information content (AvgIpc) is 3.44. The maximum atomic E-state index is 13.7. The SMILES string of the molecule is Cc1nc2c(c(=O)n1CC#CC1CCC(Cl)CC1C1CCNC3C(C(=O)NS(C)(=O)=O)CSC13)C[C@H](N1CCCCC1)CC2. The van der Waals surface area contributed by atoms with Crippen LogP contribution >= 0.6 is 23.4 Å². The van der Waals surface area contributed by atoms with E-state index in [2.05, 4.69) is 26.8 Å². The van der Waals surface area contributed by atoms with Crippen molar-refractivity contribution < 1.29 is 13.2 Å². The first kappa shape index (κ1) is 32.4. The van der Waals surface area contributed by atoms with Crippen LogP contribution < -0.4 is 15.6 Å². The summed E-state index contributed by atoms with van der Waals surface area (Å²) in [6.07, 6.45) is 11.3. The number of thioether (sulfide) groups is 1. The zero-order valence-corrected chi connectivity index (χ0v) is 28.3. The van der Waals surface area contributed by atoms with Gasteiger partial charge in [0.05, 0.1) is 24.4 Å². The third-order valence-electron chi connectivity index (χ3n) is 10.7. The van der Waals surface area contributed by atoms with E-state index in [4.69, 9.17) is 16.6 Å². The van der Waals surface area contributed by atoms with E-state index in [0.717, 1.165) is 87.9 Å². The molecule has 3 saturated heterocycles. The Kier molecular flexibility index (Phi) is 10.0. The molecule has 9 nitrogen and oxygen atoms in total. The highest BCUT2D eigenvalue weighted by Crippen LogP contribution is 2.48. The fourth-order valence-electron chi connectivity index (χ4n) is 8.49. The van der Waals surface area contributed by atoms with Crippen molar-refractivity contribution in [3.05, 3.63) is 27.4 Å². The van der Waals surface area contributed by atoms with E-state index in [0.29, 0.717) is 30.2 Å². The number of sulfonamides is 1. The topological polar surface area (TPSA) is 113 Å². The molecule has 3 aliphatic heterocycles. The minimum atomic E-state index is -3.60. The van der Waals surface area contributed by atoms with Gasteiger partial charge in [0.25, 0.3) is 5.56 Å². The third-order valence-corrected chi connectivity index (χ3v) is 13.2. The molecule has 7 unspecified atom stereocenters. The Labute approximate surface area is 271 Å². The molecule has 1 aromatic rings. The Morgan fingerprint density at radius 3 is 2.73 bits per heavy atom. The summed E-state index contributed by atoms with van der Waals surface area (Å²) in [5.41, 5.74) is 1.93. The maximum Gasteiger partial charge on any atom is 0.257 e. The molecular weight excluding hydrogens is 618 g/mol. The van der Waals surface area contributed by atoms with Crippen molar-refractivity contribution in [3.8, 4) is 11.8 Å². The van der Waals surface area contributed by atoms with E-state index >= 15 is 0 Å². The second-order valence-corrected chi connectivity index (χ2v) is 17.1. The van der Waals surface area contributed by atoms with Crippen LogP contribution in [0.3, 0.4) is 0 Å². The molecule has 44 heavy (non-hydrogen) atoms. The highest BCUT2D eigenvalue weighted by molar-refractivity contribution is 8.00. The minimum Gasteiger partial charge on any atom is -0.312 e. The molecule has 6 rings (SSSR count). The van der Waals surface area contributed by atoms with Gasteiger partial charge in [-0.25, -0.2) is 13.4 Å². The van der Waals surface area contributed by atoms with Crippen molar-refractivity contribution in [2.45, 2.75) is 100 Å². The lowest BCUT2D eigenvalue weighted by atomic mass is 9.67. The standard InChI is InChI=1S/C32H46ClN5O4S2/c1-20-35-28-11-10-23(37-14-4-3-5-15-37)18-26(28)32(40)38(20)16-6-7-21-8-9-22(33)17-25(21)24-12-13-34-29-27(19-43-30(24)29)31(39)36-44(2,41)42/h21-25,27,29-30,34H,3-5,8-19H2,1-2H3,(H,36,39)/t21?,22?,23-,24?,25?,27?,29?,30?/m1/s1. The van der Waals surface area contributed by atoms with E-state index in [9.17, 15) is 18.0 Å². The van der Waals surface area contributed by atoms with Gasteiger partial charge in [0.15, 0.2) is 0 Å². The average molecular weight is 664 g/mol. The number of likely N-dealkylation sites (tertiary alicyclic amines) is 1.